The van der Waals surface area contributed by atoms with Gasteiger partial charge in [0.05, 0.1) is 21.6 Å². The van der Waals surface area contributed by atoms with E-state index in [9.17, 15) is 18.8 Å². The zero-order valence-corrected chi connectivity index (χ0v) is 16.4. The maximum absolute atomic E-state index is 13.6. The molecule has 4 rings (SSSR count). The zero-order valence-electron chi connectivity index (χ0n) is 15.7. The molecule has 0 bridgehead atoms. The highest BCUT2D eigenvalue weighted by Crippen LogP contribution is 2.23. The SMILES string of the molecule is CC[C@@H](C(=O)NC1CC1)n1c(=O)n(-c2ccc(F)c(Cl)c2)c(=O)c2ccccc21. The van der Waals surface area contributed by atoms with Crippen molar-refractivity contribution in [3.05, 3.63) is 74.1 Å². The topological polar surface area (TPSA) is 73.1 Å². The summed E-state index contributed by atoms with van der Waals surface area (Å²) in [6.07, 6.45) is 2.21. The molecule has 1 saturated carbocycles. The molecule has 3 aromatic rings. The molecule has 1 N–H and O–H groups in total. The maximum atomic E-state index is 13.6. The van der Waals surface area contributed by atoms with E-state index in [1.165, 1.54) is 16.7 Å². The minimum absolute atomic E-state index is 0.139. The lowest BCUT2D eigenvalue weighted by atomic mass is 10.1. The van der Waals surface area contributed by atoms with Gasteiger partial charge in [-0.15, -0.1) is 0 Å². The summed E-state index contributed by atoms with van der Waals surface area (Å²) in [5.41, 5.74) is -0.704. The van der Waals surface area contributed by atoms with E-state index in [1.807, 2.05) is 6.92 Å². The average molecular weight is 416 g/mol. The van der Waals surface area contributed by atoms with Crippen LogP contribution in [-0.4, -0.2) is 21.1 Å². The van der Waals surface area contributed by atoms with Crippen molar-refractivity contribution in [1.82, 2.24) is 14.5 Å². The summed E-state index contributed by atoms with van der Waals surface area (Å²) in [6, 6.07) is 9.64. The Morgan fingerprint density at radius 3 is 2.62 bits per heavy atom. The first kappa shape index (κ1) is 19.4. The predicted molar refractivity (Wildman–Crippen MR) is 109 cm³/mol. The van der Waals surface area contributed by atoms with Crippen LogP contribution in [0.4, 0.5) is 4.39 Å². The molecule has 1 heterocycles. The van der Waals surface area contributed by atoms with Crippen LogP contribution in [0, 0.1) is 5.82 Å². The number of para-hydroxylation sites is 1. The Hall–Kier alpha value is -2.93. The highest BCUT2D eigenvalue weighted by molar-refractivity contribution is 6.30. The van der Waals surface area contributed by atoms with Crippen LogP contribution in [0.5, 0.6) is 0 Å². The molecule has 8 heteroatoms. The Morgan fingerprint density at radius 1 is 1.24 bits per heavy atom. The number of nitrogens with zero attached hydrogens (tertiary/aromatic N) is 2. The van der Waals surface area contributed by atoms with Crippen LogP contribution >= 0.6 is 11.6 Å². The molecule has 2 aromatic carbocycles. The fraction of sp³-hybridized carbons (Fsp3) is 0.286. The molecule has 0 aliphatic heterocycles. The molecule has 1 fully saturated rings. The lowest BCUT2D eigenvalue weighted by molar-refractivity contribution is -0.124. The minimum Gasteiger partial charge on any atom is -0.352 e. The van der Waals surface area contributed by atoms with Crippen molar-refractivity contribution in [2.45, 2.75) is 38.3 Å². The molecule has 0 radical (unpaired) electrons. The van der Waals surface area contributed by atoms with Gasteiger partial charge >= 0.3 is 5.69 Å². The number of carbonyl (C=O) groups is 1. The Morgan fingerprint density at radius 2 is 1.97 bits per heavy atom. The van der Waals surface area contributed by atoms with Crippen LogP contribution in [0.1, 0.15) is 32.2 Å². The molecule has 1 aliphatic carbocycles. The van der Waals surface area contributed by atoms with E-state index in [0.29, 0.717) is 11.9 Å². The van der Waals surface area contributed by atoms with Gasteiger partial charge in [-0.25, -0.2) is 13.8 Å². The quantitative estimate of drug-likeness (QED) is 0.695. The number of rotatable bonds is 5. The van der Waals surface area contributed by atoms with Crippen LogP contribution in [0.15, 0.2) is 52.1 Å². The van der Waals surface area contributed by atoms with E-state index in [-0.39, 0.29) is 28.0 Å². The first-order valence-electron chi connectivity index (χ1n) is 9.44. The molecule has 6 nitrogen and oxygen atoms in total. The van der Waals surface area contributed by atoms with Crippen molar-refractivity contribution in [3.63, 3.8) is 0 Å². The highest BCUT2D eigenvalue weighted by atomic mass is 35.5. The maximum Gasteiger partial charge on any atom is 0.336 e. The summed E-state index contributed by atoms with van der Waals surface area (Å²) in [6.45, 7) is 1.81. The number of aromatic nitrogens is 2. The van der Waals surface area contributed by atoms with E-state index in [2.05, 4.69) is 5.32 Å². The highest BCUT2D eigenvalue weighted by Gasteiger charge is 2.30. The van der Waals surface area contributed by atoms with Gasteiger partial charge in [0.25, 0.3) is 5.56 Å². The van der Waals surface area contributed by atoms with E-state index in [1.54, 1.807) is 24.3 Å². The molecule has 0 spiro atoms. The first-order chi connectivity index (χ1) is 13.9. The third kappa shape index (κ3) is 3.46. The van der Waals surface area contributed by atoms with Gasteiger partial charge in [0.15, 0.2) is 0 Å². The number of halogens is 2. The average Bonchev–Trinajstić information content (AvgIpc) is 3.51. The van der Waals surface area contributed by atoms with Gasteiger partial charge < -0.3 is 5.32 Å². The van der Waals surface area contributed by atoms with E-state index >= 15 is 0 Å². The minimum atomic E-state index is -0.782. The molecular weight excluding hydrogens is 397 g/mol. The van der Waals surface area contributed by atoms with E-state index in [4.69, 9.17) is 11.6 Å². The monoisotopic (exact) mass is 415 g/mol. The van der Waals surface area contributed by atoms with Crippen molar-refractivity contribution in [3.8, 4) is 5.69 Å². The molecule has 1 amide bonds. The third-order valence-corrected chi connectivity index (χ3v) is 5.37. The summed E-state index contributed by atoms with van der Waals surface area (Å²) < 4.78 is 15.9. The van der Waals surface area contributed by atoms with E-state index in [0.717, 1.165) is 23.5 Å². The fourth-order valence-electron chi connectivity index (χ4n) is 3.45. The van der Waals surface area contributed by atoms with Gasteiger partial charge in [0, 0.05) is 6.04 Å². The molecule has 0 saturated heterocycles. The van der Waals surface area contributed by atoms with Crippen molar-refractivity contribution in [2.75, 3.05) is 0 Å². The van der Waals surface area contributed by atoms with Gasteiger partial charge in [-0.05, 0) is 49.6 Å². The van der Waals surface area contributed by atoms with Crippen molar-refractivity contribution in [2.24, 2.45) is 0 Å². The Bertz CT molecular complexity index is 1230. The summed E-state index contributed by atoms with van der Waals surface area (Å²) in [5.74, 6) is -0.913. The summed E-state index contributed by atoms with van der Waals surface area (Å²) in [7, 11) is 0. The Balaban J connectivity index is 2.00. The fourth-order valence-corrected chi connectivity index (χ4v) is 3.62. The summed E-state index contributed by atoms with van der Waals surface area (Å²) >= 11 is 5.87. The number of hydrogen-bond acceptors (Lipinski definition) is 3. The molecule has 1 aliphatic rings. The standard InChI is InChI=1S/C21H19ClFN3O3/c1-2-17(19(27)24-12-7-8-12)26-18-6-4-3-5-14(18)20(28)25(21(26)29)13-9-10-16(23)15(22)11-13/h3-6,9-12,17H,2,7-8H2,1H3,(H,24,27)/t17-/m0/s1. The lowest BCUT2D eigenvalue weighted by Gasteiger charge is -2.21. The predicted octanol–water partition coefficient (Wildman–Crippen LogP) is 3.17. The van der Waals surface area contributed by atoms with Gasteiger partial charge in [-0.3, -0.25) is 14.2 Å². The first-order valence-corrected chi connectivity index (χ1v) is 9.82. The van der Waals surface area contributed by atoms with Gasteiger partial charge in [-0.1, -0.05) is 30.7 Å². The van der Waals surface area contributed by atoms with Gasteiger partial charge in [0.1, 0.15) is 11.9 Å². The number of amides is 1. The normalized spacial score (nSPS) is 14.7. The van der Waals surface area contributed by atoms with Crippen LogP contribution in [0.3, 0.4) is 0 Å². The van der Waals surface area contributed by atoms with Crippen LogP contribution < -0.4 is 16.6 Å². The summed E-state index contributed by atoms with van der Waals surface area (Å²) in [4.78, 5) is 39.3. The van der Waals surface area contributed by atoms with Crippen molar-refractivity contribution >= 4 is 28.4 Å². The van der Waals surface area contributed by atoms with E-state index < -0.39 is 23.1 Å². The number of fused-ring (bicyclic) bond motifs is 1. The van der Waals surface area contributed by atoms with Crippen LogP contribution in [-0.2, 0) is 4.79 Å². The Kier molecular flexibility index (Phi) is 5.00. The molecule has 0 unspecified atom stereocenters. The number of nitrogens with one attached hydrogen (secondary N) is 1. The Labute approximate surface area is 170 Å². The second kappa shape index (κ2) is 7.48. The van der Waals surface area contributed by atoms with Crippen LogP contribution in [0.25, 0.3) is 16.6 Å². The second-order valence-electron chi connectivity index (χ2n) is 7.12. The number of hydrogen-bond donors (Lipinski definition) is 1. The molecule has 150 valence electrons. The zero-order chi connectivity index (χ0) is 20.7. The van der Waals surface area contributed by atoms with Crippen molar-refractivity contribution in [1.29, 1.82) is 0 Å². The second-order valence-corrected chi connectivity index (χ2v) is 7.52. The third-order valence-electron chi connectivity index (χ3n) is 5.08. The number of benzene rings is 2. The number of carbonyl (C=O) groups excluding carboxylic acids is 1. The molecular formula is C21H19ClFN3O3. The van der Waals surface area contributed by atoms with Crippen LogP contribution in [0.2, 0.25) is 5.02 Å². The molecule has 1 aromatic heterocycles. The molecule has 29 heavy (non-hydrogen) atoms. The summed E-state index contributed by atoms with van der Waals surface area (Å²) in [5, 5.41) is 3.01. The smallest absolute Gasteiger partial charge is 0.336 e. The lowest BCUT2D eigenvalue weighted by Crippen LogP contribution is -2.44. The van der Waals surface area contributed by atoms with Gasteiger partial charge in [-0.2, -0.15) is 0 Å². The largest absolute Gasteiger partial charge is 0.352 e. The van der Waals surface area contributed by atoms with Gasteiger partial charge in [0.2, 0.25) is 5.91 Å². The van der Waals surface area contributed by atoms with Crippen molar-refractivity contribution < 1.29 is 9.18 Å². The molecule has 1 atom stereocenters.